The number of aliphatic hydroxyl groups excluding tert-OH is 1. The zero-order valence-electron chi connectivity index (χ0n) is 12.8. The molecule has 1 aromatic carbocycles. The topological polar surface area (TPSA) is 112 Å². The summed E-state index contributed by atoms with van der Waals surface area (Å²) < 4.78 is 13.1. The number of nitriles is 1. The Labute approximate surface area is 138 Å². The number of aliphatic hydroxyl groups is 1. The van der Waals surface area contributed by atoms with Gasteiger partial charge in [-0.25, -0.2) is 9.37 Å². The van der Waals surface area contributed by atoms with Crippen LogP contribution in [0, 0.1) is 11.3 Å². The lowest BCUT2D eigenvalue weighted by molar-refractivity contribution is -0.121. The van der Waals surface area contributed by atoms with Crippen molar-refractivity contribution in [1.82, 2.24) is 10.3 Å². The number of carbonyl (C=O) groups excluding carboxylic acids is 1. The minimum absolute atomic E-state index is 0.270. The molecule has 0 aliphatic heterocycles. The first kappa shape index (κ1) is 17.5. The summed E-state index contributed by atoms with van der Waals surface area (Å²) in [4.78, 5) is 15.3. The number of nitrogens with two attached hydrogens (primary N) is 1. The van der Waals surface area contributed by atoms with Gasteiger partial charge in [0.05, 0.1) is 12.6 Å². The number of hydrogen-bond donors (Lipinski definition) is 3. The van der Waals surface area contributed by atoms with Gasteiger partial charge in [-0.15, -0.1) is 0 Å². The molecule has 0 radical (unpaired) electrons. The Morgan fingerprint density at radius 1 is 1.29 bits per heavy atom. The normalized spacial score (nSPS) is 12.9. The van der Waals surface area contributed by atoms with Gasteiger partial charge in [0.15, 0.2) is 0 Å². The van der Waals surface area contributed by atoms with Crippen LogP contribution in [0.25, 0.3) is 11.1 Å². The molecular formula is C17H17FN4O2. The van der Waals surface area contributed by atoms with Gasteiger partial charge in [0.25, 0.3) is 0 Å². The Kier molecular flexibility index (Phi) is 5.95. The molecule has 7 heteroatoms. The van der Waals surface area contributed by atoms with Crippen molar-refractivity contribution >= 4 is 5.91 Å². The van der Waals surface area contributed by atoms with Crippen molar-refractivity contribution in [2.75, 3.05) is 13.2 Å². The molecule has 2 aromatic rings. The van der Waals surface area contributed by atoms with Crippen molar-refractivity contribution in [3.05, 3.63) is 53.9 Å². The van der Waals surface area contributed by atoms with Crippen LogP contribution in [0.4, 0.5) is 4.39 Å². The first-order chi connectivity index (χ1) is 11.6. The second-order valence-electron chi connectivity index (χ2n) is 5.14. The molecule has 0 bridgehead atoms. The van der Waals surface area contributed by atoms with Gasteiger partial charge in [0, 0.05) is 11.8 Å². The summed E-state index contributed by atoms with van der Waals surface area (Å²) in [6.07, 6.45) is 0.397. The highest BCUT2D eigenvalue weighted by molar-refractivity contribution is 5.78. The third-order valence-electron chi connectivity index (χ3n) is 3.54. The SMILES string of the molecule is N#Cc1ccc(-c2ccc([C@@H](O)[C@@H](CF)NC(=O)CN)cc2)cn1. The largest absolute Gasteiger partial charge is 0.386 e. The smallest absolute Gasteiger partial charge is 0.234 e. The lowest BCUT2D eigenvalue weighted by Crippen LogP contribution is -2.43. The van der Waals surface area contributed by atoms with Crippen LogP contribution in [0.15, 0.2) is 42.6 Å². The van der Waals surface area contributed by atoms with Crippen molar-refractivity contribution in [3.8, 4) is 17.2 Å². The first-order valence-electron chi connectivity index (χ1n) is 7.29. The van der Waals surface area contributed by atoms with Crippen LogP contribution >= 0.6 is 0 Å². The fourth-order valence-corrected chi connectivity index (χ4v) is 2.20. The van der Waals surface area contributed by atoms with E-state index in [9.17, 15) is 14.3 Å². The molecule has 2 atom stereocenters. The number of nitrogens with one attached hydrogen (secondary N) is 1. The summed E-state index contributed by atoms with van der Waals surface area (Å²) in [5.74, 6) is -0.531. The average Bonchev–Trinajstić information content (AvgIpc) is 2.65. The lowest BCUT2D eigenvalue weighted by Gasteiger charge is -2.21. The summed E-state index contributed by atoms with van der Waals surface area (Å²) in [5, 5.41) is 21.3. The molecule has 6 nitrogen and oxygen atoms in total. The molecule has 1 heterocycles. The van der Waals surface area contributed by atoms with Crippen LogP contribution in [-0.2, 0) is 4.79 Å². The molecule has 0 spiro atoms. The predicted molar refractivity (Wildman–Crippen MR) is 86.3 cm³/mol. The fourth-order valence-electron chi connectivity index (χ4n) is 2.20. The minimum atomic E-state index is -1.18. The minimum Gasteiger partial charge on any atom is -0.386 e. The zero-order chi connectivity index (χ0) is 17.5. The van der Waals surface area contributed by atoms with Gasteiger partial charge >= 0.3 is 0 Å². The maximum Gasteiger partial charge on any atom is 0.234 e. The molecule has 24 heavy (non-hydrogen) atoms. The second kappa shape index (κ2) is 8.15. The third-order valence-corrected chi connectivity index (χ3v) is 3.54. The summed E-state index contributed by atoms with van der Waals surface area (Å²) in [6.45, 7) is -1.18. The molecule has 2 rings (SSSR count). The summed E-state index contributed by atoms with van der Waals surface area (Å²) >= 11 is 0. The van der Waals surface area contributed by atoms with Gasteiger partial charge in [0.2, 0.25) is 5.91 Å². The first-order valence-corrected chi connectivity index (χ1v) is 7.29. The Balaban J connectivity index is 2.15. The molecule has 1 aromatic heterocycles. The van der Waals surface area contributed by atoms with Gasteiger partial charge in [-0.1, -0.05) is 24.3 Å². The number of carbonyl (C=O) groups is 1. The molecule has 124 valence electrons. The number of hydrogen-bond acceptors (Lipinski definition) is 5. The molecule has 0 aliphatic carbocycles. The lowest BCUT2D eigenvalue weighted by atomic mass is 9.99. The highest BCUT2D eigenvalue weighted by Crippen LogP contribution is 2.23. The Bertz CT molecular complexity index is 726. The van der Waals surface area contributed by atoms with E-state index in [0.717, 1.165) is 11.1 Å². The molecule has 0 saturated heterocycles. The highest BCUT2D eigenvalue weighted by atomic mass is 19.1. The van der Waals surface area contributed by atoms with E-state index in [1.54, 1.807) is 42.6 Å². The van der Waals surface area contributed by atoms with E-state index >= 15 is 0 Å². The van der Waals surface area contributed by atoms with Gasteiger partial charge in [-0.3, -0.25) is 4.79 Å². The average molecular weight is 328 g/mol. The molecule has 1 amide bonds. The van der Waals surface area contributed by atoms with Crippen molar-refractivity contribution in [3.63, 3.8) is 0 Å². The van der Waals surface area contributed by atoms with Gasteiger partial charge in [-0.2, -0.15) is 5.26 Å². The molecular weight excluding hydrogens is 311 g/mol. The zero-order valence-corrected chi connectivity index (χ0v) is 12.8. The number of aromatic nitrogens is 1. The molecule has 0 saturated carbocycles. The molecule has 0 fully saturated rings. The van der Waals surface area contributed by atoms with E-state index in [-0.39, 0.29) is 6.54 Å². The Hall–Kier alpha value is -2.82. The monoisotopic (exact) mass is 328 g/mol. The summed E-state index contributed by atoms with van der Waals surface area (Å²) in [7, 11) is 0. The molecule has 0 unspecified atom stereocenters. The van der Waals surface area contributed by atoms with Crippen molar-refractivity contribution < 1.29 is 14.3 Å². The Morgan fingerprint density at radius 2 is 1.96 bits per heavy atom. The maximum atomic E-state index is 13.1. The number of halogens is 1. The van der Waals surface area contributed by atoms with E-state index in [1.807, 2.05) is 6.07 Å². The summed E-state index contributed by atoms with van der Waals surface area (Å²) in [5.41, 5.74) is 7.63. The van der Waals surface area contributed by atoms with Crippen molar-refractivity contribution in [2.24, 2.45) is 5.73 Å². The van der Waals surface area contributed by atoms with Crippen molar-refractivity contribution in [2.45, 2.75) is 12.1 Å². The highest BCUT2D eigenvalue weighted by Gasteiger charge is 2.22. The quantitative estimate of drug-likeness (QED) is 0.734. The van der Waals surface area contributed by atoms with Gasteiger partial charge < -0.3 is 16.2 Å². The molecule has 4 N–H and O–H groups in total. The number of nitrogens with zero attached hydrogens (tertiary/aromatic N) is 2. The predicted octanol–water partition coefficient (Wildman–Crippen LogP) is 1.07. The number of amides is 1. The van der Waals surface area contributed by atoms with E-state index in [4.69, 9.17) is 11.0 Å². The number of alkyl halides is 1. The van der Waals surface area contributed by atoms with Crippen LogP contribution in [0.3, 0.4) is 0 Å². The van der Waals surface area contributed by atoms with Crippen LogP contribution in [0.5, 0.6) is 0 Å². The third kappa shape index (κ3) is 4.13. The number of pyridine rings is 1. The van der Waals surface area contributed by atoms with E-state index in [2.05, 4.69) is 10.3 Å². The standard InChI is InChI=1S/C17H17FN4O2/c18-7-15(22-16(23)9-20)17(24)12-3-1-11(2-4-12)13-5-6-14(8-19)21-10-13/h1-6,10,15,17,24H,7,9,20H2,(H,22,23)/t15-,17-/m1/s1. The van der Waals surface area contributed by atoms with Crippen LogP contribution in [-0.4, -0.2) is 35.3 Å². The van der Waals surface area contributed by atoms with Crippen molar-refractivity contribution in [1.29, 1.82) is 5.26 Å². The summed E-state index contributed by atoms with van der Waals surface area (Å²) in [6, 6.07) is 11.1. The number of rotatable bonds is 6. The second-order valence-corrected chi connectivity index (χ2v) is 5.14. The number of benzene rings is 1. The fraction of sp³-hybridized carbons (Fsp3) is 0.235. The van der Waals surface area contributed by atoms with E-state index < -0.39 is 24.7 Å². The van der Waals surface area contributed by atoms with Crippen LogP contribution in [0.2, 0.25) is 0 Å². The van der Waals surface area contributed by atoms with Crippen LogP contribution < -0.4 is 11.1 Å². The van der Waals surface area contributed by atoms with Gasteiger partial charge in [0.1, 0.15) is 24.5 Å². The van der Waals surface area contributed by atoms with E-state index in [0.29, 0.717) is 11.3 Å². The maximum absolute atomic E-state index is 13.1. The van der Waals surface area contributed by atoms with Gasteiger partial charge in [-0.05, 0) is 23.3 Å². The molecule has 0 aliphatic rings. The van der Waals surface area contributed by atoms with E-state index in [1.165, 1.54) is 0 Å². The Morgan fingerprint density at radius 3 is 2.46 bits per heavy atom. The van der Waals surface area contributed by atoms with Crippen LogP contribution in [0.1, 0.15) is 17.4 Å².